The highest BCUT2D eigenvalue weighted by Crippen LogP contribution is 2.33. The van der Waals surface area contributed by atoms with E-state index in [4.69, 9.17) is 0 Å². The molecule has 0 fully saturated rings. The molecule has 3 rings (SSSR count). The summed E-state index contributed by atoms with van der Waals surface area (Å²) in [5.74, 6) is -2.69. The summed E-state index contributed by atoms with van der Waals surface area (Å²) in [7, 11) is 1.26. The van der Waals surface area contributed by atoms with Crippen molar-refractivity contribution in [3.05, 3.63) is 71.6 Å². The van der Waals surface area contributed by atoms with Gasteiger partial charge in [-0.25, -0.2) is 8.78 Å². The number of rotatable bonds is 3. The lowest BCUT2D eigenvalue weighted by molar-refractivity contribution is -0.141. The van der Waals surface area contributed by atoms with E-state index in [9.17, 15) is 26.7 Å². The van der Waals surface area contributed by atoms with Gasteiger partial charge in [0, 0.05) is 36.1 Å². The Hall–Kier alpha value is -3.23. The topological polar surface area (TPSA) is 46.9 Å². The van der Waals surface area contributed by atoms with Gasteiger partial charge in [0.15, 0.2) is 5.69 Å². The van der Waals surface area contributed by atoms with Gasteiger partial charge >= 0.3 is 6.18 Å². The van der Waals surface area contributed by atoms with Crippen LogP contribution in [0.1, 0.15) is 16.1 Å². The summed E-state index contributed by atoms with van der Waals surface area (Å²) in [5.41, 5.74) is -1.73. The molecule has 0 unspecified atom stereocenters. The van der Waals surface area contributed by atoms with Crippen LogP contribution in [0.5, 0.6) is 0 Å². The number of hydrogen-bond donors (Lipinski definition) is 1. The van der Waals surface area contributed by atoms with Crippen LogP contribution in [0.3, 0.4) is 0 Å². The third-order valence-corrected chi connectivity index (χ3v) is 3.74. The van der Waals surface area contributed by atoms with Gasteiger partial charge in [-0.2, -0.15) is 18.3 Å². The molecule has 1 heterocycles. The Kier molecular flexibility index (Phi) is 4.69. The molecule has 1 N–H and O–H groups in total. The van der Waals surface area contributed by atoms with E-state index in [1.54, 1.807) is 6.07 Å². The highest BCUT2D eigenvalue weighted by atomic mass is 19.4. The van der Waals surface area contributed by atoms with E-state index in [0.29, 0.717) is 6.07 Å². The summed E-state index contributed by atoms with van der Waals surface area (Å²) in [5, 5.41) is 5.62. The minimum atomic E-state index is -4.81. The Balaban J connectivity index is 2.00. The molecule has 2 aromatic carbocycles. The molecule has 3 aromatic rings. The van der Waals surface area contributed by atoms with Crippen LogP contribution in [-0.2, 0) is 13.2 Å². The number of anilines is 1. The number of aromatic nitrogens is 2. The average Bonchev–Trinajstić information content (AvgIpc) is 2.98. The highest BCUT2D eigenvalue weighted by Gasteiger charge is 2.39. The van der Waals surface area contributed by atoms with E-state index in [-0.39, 0.29) is 16.8 Å². The Morgan fingerprint density at radius 1 is 1.07 bits per heavy atom. The largest absolute Gasteiger partial charge is 0.435 e. The van der Waals surface area contributed by atoms with Crippen LogP contribution in [0.4, 0.5) is 27.6 Å². The van der Waals surface area contributed by atoms with E-state index in [1.807, 2.05) is 0 Å². The van der Waals surface area contributed by atoms with Crippen LogP contribution >= 0.6 is 0 Å². The quantitative estimate of drug-likeness (QED) is 0.672. The lowest BCUT2D eigenvalue weighted by atomic mass is 10.0. The van der Waals surface area contributed by atoms with Gasteiger partial charge in [-0.3, -0.25) is 9.48 Å². The van der Waals surface area contributed by atoms with E-state index in [2.05, 4.69) is 10.4 Å². The van der Waals surface area contributed by atoms with Gasteiger partial charge in [-0.1, -0.05) is 18.2 Å². The lowest BCUT2D eigenvalue weighted by Crippen LogP contribution is -2.18. The lowest BCUT2D eigenvalue weighted by Gasteiger charge is -2.12. The average molecular weight is 381 g/mol. The summed E-state index contributed by atoms with van der Waals surface area (Å²) in [6.45, 7) is 0. The summed E-state index contributed by atoms with van der Waals surface area (Å²) < 4.78 is 67.3. The number of nitrogens with one attached hydrogen (secondary N) is 1. The van der Waals surface area contributed by atoms with Crippen molar-refractivity contribution in [1.29, 1.82) is 0 Å². The van der Waals surface area contributed by atoms with Crippen LogP contribution in [0, 0.1) is 11.6 Å². The van der Waals surface area contributed by atoms with Crippen molar-refractivity contribution in [2.24, 2.45) is 7.05 Å². The minimum absolute atomic E-state index is 0.00506. The maximum Gasteiger partial charge on any atom is 0.435 e. The molecule has 27 heavy (non-hydrogen) atoms. The summed E-state index contributed by atoms with van der Waals surface area (Å²) >= 11 is 0. The van der Waals surface area contributed by atoms with Crippen LogP contribution in [0.15, 0.2) is 48.7 Å². The van der Waals surface area contributed by atoms with E-state index in [1.165, 1.54) is 31.3 Å². The number of carbonyl (C=O) groups excluding carboxylic acids is 1. The zero-order valence-electron chi connectivity index (χ0n) is 13.8. The molecule has 0 radical (unpaired) electrons. The number of nitrogens with zero attached hydrogens (tertiary/aromatic N) is 2. The van der Waals surface area contributed by atoms with Gasteiger partial charge in [0.1, 0.15) is 11.6 Å². The maximum atomic E-state index is 14.1. The third kappa shape index (κ3) is 3.81. The van der Waals surface area contributed by atoms with Crippen molar-refractivity contribution in [2.45, 2.75) is 6.18 Å². The molecular weight excluding hydrogens is 369 g/mol. The monoisotopic (exact) mass is 381 g/mol. The van der Waals surface area contributed by atoms with Crippen LogP contribution in [0.2, 0.25) is 0 Å². The maximum absolute atomic E-state index is 14.1. The number of aryl methyl sites for hydroxylation is 1. The van der Waals surface area contributed by atoms with Crippen molar-refractivity contribution in [3.8, 4) is 11.1 Å². The highest BCUT2D eigenvalue weighted by molar-refractivity contribution is 6.07. The van der Waals surface area contributed by atoms with Gasteiger partial charge in [0.2, 0.25) is 0 Å². The first-order valence-electron chi connectivity index (χ1n) is 7.63. The number of carbonyl (C=O) groups is 1. The zero-order chi connectivity index (χ0) is 19.8. The summed E-state index contributed by atoms with van der Waals surface area (Å²) in [4.78, 5) is 12.4. The molecule has 1 aromatic heterocycles. The molecule has 1 amide bonds. The van der Waals surface area contributed by atoms with Crippen LogP contribution in [-0.4, -0.2) is 15.7 Å². The van der Waals surface area contributed by atoms with Gasteiger partial charge < -0.3 is 5.32 Å². The van der Waals surface area contributed by atoms with Crippen LogP contribution < -0.4 is 5.32 Å². The third-order valence-electron chi connectivity index (χ3n) is 3.74. The fraction of sp³-hybridized carbons (Fsp3) is 0.111. The number of benzene rings is 2. The summed E-state index contributed by atoms with van der Waals surface area (Å²) in [6, 6.07) is 8.84. The Morgan fingerprint density at radius 3 is 2.44 bits per heavy atom. The molecule has 0 aliphatic rings. The first-order valence-corrected chi connectivity index (χ1v) is 7.63. The van der Waals surface area contributed by atoms with Gasteiger partial charge in [0.25, 0.3) is 5.91 Å². The Bertz CT molecular complexity index is 1010. The fourth-order valence-electron chi connectivity index (χ4n) is 2.59. The molecule has 9 heteroatoms. The standard InChI is InChI=1S/C18H12F5N3O/c1-26-9-13(16(25-26)18(21,22)23)17(27)24-15-5-3-2-4-12(15)11-7-6-10(19)8-14(11)20/h2-9H,1H3,(H,24,27). The van der Waals surface area contributed by atoms with E-state index < -0.39 is 35.0 Å². The first kappa shape index (κ1) is 18.6. The van der Waals surface area contributed by atoms with Gasteiger partial charge in [-0.05, 0) is 18.2 Å². The number of alkyl halides is 3. The normalized spacial score (nSPS) is 11.5. The fourth-order valence-corrected chi connectivity index (χ4v) is 2.59. The number of amides is 1. The van der Waals surface area contributed by atoms with Gasteiger partial charge in [0.05, 0.1) is 5.56 Å². The smallest absolute Gasteiger partial charge is 0.321 e. The number of halogens is 5. The second-order valence-corrected chi connectivity index (χ2v) is 5.69. The number of hydrogen-bond acceptors (Lipinski definition) is 2. The van der Waals surface area contributed by atoms with E-state index >= 15 is 0 Å². The van der Waals surface area contributed by atoms with Crippen LogP contribution in [0.25, 0.3) is 11.1 Å². The molecule has 0 saturated heterocycles. The predicted molar refractivity (Wildman–Crippen MR) is 88.0 cm³/mol. The van der Waals surface area contributed by atoms with Crippen molar-refractivity contribution in [3.63, 3.8) is 0 Å². The molecule has 0 atom stereocenters. The van der Waals surface area contributed by atoms with Gasteiger partial charge in [-0.15, -0.1) is 0 Å². The first-order chi connectivity index (χ1) is 12.7. The zero-order valence-corrected chi connectivity index (χ0v) is 13.8. The molecule has 0 spiro atoms. The Morgan fingerprint density at radius 2 is 1.78 bits per heavy atom. The number of para-hydroxylation sites is 1. The predicted octanol–water partition coefficient (Wildman–Crippen LogP) is 4.64. The molecule has 140 valence electrons. The second-order valence-electron chi connectivity index (χ2n) is 5.69. The Labute approximate surface area is 150 Å². The SMILES string of the molecule is Cn1cc(C(=O)Nc2ccccc2-c2ccc(F)cc2F)c(C(F)(F)F)n1. The molecule has 0 aliphatic carbocycles. The van der Waals surface area contributed by atoms with Crippen molar-refractivity contribution in [2.75, 3.05) is 5.32 Å². The minimum Gasteiger partial charge on any atom is -0.321 e. The molecule has 0 saturated carbocycles. The van der Waals surface area contributed by atoms with Crippen molar-refractivity contribution >= 4 is 11.6 Å². The molecule has 4 nitrogen and oxygen atoms in total. The van der Waals surface area contributed by atoms with Crippen molar-refractivity contribution < 1.29 is 26.7 Å². The van der Waals surface area contributed by atoms with Crippen molar-refractivity contribution in [1.82, 2.24) is 9.78 Å². The van der Waals surface area contributed by atoms with E-state index in [0.717, 1.165) is 16.9 Å². The molecular formula is C18H12F5N3O. The second kappa shape index (κ2) is 6.82. The molecule has 0 bridgehead atoms. The summed E-state index contributed by atoms with van der Waals surface area (Å²) in [6.07, 6.45) is -3.87. The molecule has 0 aliphatic heterocycles.